The van der Waals surface area contributed by atoms with Crippen LogP contribution in [0.3, 0.4) is 0 Å². The molecule has 2 amide bonds. The zero-order valence-corrected chi connectivity index (χ0v) is 22.5. The van der Waals surface area contributed by atoms with E-state index in [1.165, 1.54) is 11.3 Å². The monoisotopic (exact) mass is 553 g/mol. The van der Waals surface area contributed by atoms with Gasteiger partial charge >= 0.3 is 0 Å². The number of anilines is 2. The molecule has 0 spiro atoms. The fraction of sp³-hybridized carbons (Fsp3) is 0.133. The number of nitrogens with one attached hydrogen (secondary N) is 2. The summed E-state index contributed by atoms with van der Waals surface area (Å²) in [6.07, 6.45) is 0.0802. The smallest absolute Gasteiger partial charge is 0.268 e. The Balaban J connectivity index is 1.38. The van der Waals surface area contributed by atoms with Crippen LogP contribution in [0.2, 0.25) is 0 Å². The highest BCUT2D eigenvalue weighted by Gasteiger charge is 2.18. The van der Waals surface area contributed by atoms with E-state index < -0.39 is 5.91 Å². The number of methoxy groups -OCH3 is 1. The van der Waals surface area contributed by atoms with Gasteiger partial charge in [-0.1, -0.05) is 42.5 Å². The zero-order valence-electron chi connectivity index (χ0n) is 21.7. The number of aromatic nitrogens is 2. The molecule has 3 aromatic carbocycles. The van der Waals surface area contributed by atoms with E-state index in [9.17, 15) is 14.4 Å². The molecule has 40 heavy (non-hydrogen) atoms. The van der Waals surface area contributed by atoms with Crippen molar-refractivity contribution in [3.05, 3.63) is 95.4 Å². The molecule has 202 valence electrons. The topological polar surface area (TPSA) is 128 Å². The van der Waals surface area contributed by atoms with Gasteiger partial charge in [-0.05, 0) is 42.5 Å². The van der Waals surface area contributed by atoms with Gasteiger partial charge in [0.15, 0.2) is 5.78 Å². The van der Waals surface area contributed by atoms with Crippen LogP contribution in [0.25, 0.3) is 21.5 Å². The molecule has 2 aromatic heterocycles. The molecule has 0 aliphatic heterocycles. The first-order valence-corrected chi connectivity index (χ1v) is 13.4. The number of thiophene rings is 1. The van der Waals surface area contributed by atoms with Crippen LogP contribution in [0.4, 0.5) is 11.6 Å². The normalized spacial score (nSPS) is 10.8. The van der Waals surface area contributed by atoms with Crippen LogP contribution >= 0.6 is 11.3 Å². The molecule has 10 heteroatoms. The minimum absolute atomic E-state index is 0.0379. The SMILES string of the molecule is COc1ccccc1-c1ccc(C(=O)Nc2nc3cc(NCC(=O)c4ccccc4)ccc3n2CCC(N)=O)s1. The summed E-state index contributed by atoms with van der Waals surface area (Å²) < 4.78 is 7.21. The molecular formula is C30H27N5O4S. The number of primary amides is 1. The molecule has 0 fully saturated rings. The molecule has 0 saturated heterocycles. The second kappa shape index (κ2) is 11.8. The number of hydrogen-bond acceptors (Lipinski definition) is 7. The molecule has 0 saturated carbocycles. The van der Waals surface area contributed by atoms with Crippen LogP contribution in [0.5, 0.6) is 5.75 Å². The highest BCUT2D eigenvalue weighted by Crippen LogP contribution is 2.35. The standard InChI is InChI=1S/C30H27N5O4S/c1-39-25-10-6-5-9-21(25)26-13-14-27(40-26)29(38)34-30-33-22-17-20(11-12-23(22)35(30)16-15-28(31)37)32-18-24(36)19-7-3-2-4-8-19/h2-14,17,32H,15-16,18H2,1H3,(H2,31,37)(H,33,34,38). The number of imidazole rings is 1. The summed E-state index contributed by atoms with van der Waals surface area (Å²) in [4.78, 5) is 43.3. The fourth-order valence-electron chi connectivity index (χ4n) is 4.31. The predicted molar refractivity (Wildman–Crippen MR) is 157 cm³/mol. The minimum Gasteiger partial charge on any atom is -0.496 e. The van der Waals surface area contributed by atoms with Crippen molar-refractivity contribution in [2.45, 2.75) is 13.0 Å². The van der Waals surface area contributed by atoms with Gasteiger partial charge in [0.05, 0.1) is 29.6 Å². The van der Waals surface area contributed by atoms with Crippen LogP contribution in [0, 0.1) is 0 Å². The lowest BCUT2D eigenvalue weighted by molar-refractivity contribution is -0.118. The van der Waals surface area contributed by atoms with Crippen molar-refractivity contribution in [1.82, 2.24) is 9.55 Å². The predicted octanol–water partition coefficient (Wildman–Crippen LogP) is 5.20. The van der Waals surface area contributed by atoms with E-state index in [4.69, 9.17) is 10.5 Å². The summed E-state index contributed by atoms with van der Waals surface area (Å²) in [6.45, 7) is 0.367. The van der Waals surface area contributed by atoms with Crippen molar-refractivity contribution < 1.29 is 19.1 Å². The van der Waals surface area contributed by atoms with Gasteiger partial charge in [-0.15, -0.1) is 11.3 Å². The fourth-order valence-corrected chi connectivity index (χ4v) is 5.24. The van der Waals surface area contributed by atoms with E-state index in [-0.39, 0.29) is 31.2 Å². The Morgan fingerprint density at radius 3 is 2.52 bits per heavy atom. The third kappa shape index (κ3) is 5.87. The van der Waals surface area contributed by atoms with Crippen molar-refractivity contribution in [3.63, 3.8) is 0 Å². The summed E-state index contributed by atoms with van der Waals surface area (Å²) in [5.74, 6) is 0.194. The van der Waals surface area contributed by atoms with Crippen LogP contribution in [0.15, 0.2) is 84.9 Å². The van der Waals surface area contributed by atoms with Crippen molar-refractivity contribution in [2.24, 2.45) is 5.73 Å². The van der Waals surface area contributed by atoms with Crippen molar-refractivity contribution in [2.75, 3.05) is 24.3 Å². The summed E-state index contributed by atoms with van der Waals surface area (Å²) in [6, 6.07) is 25.8. The average molecular weight is 554 g/mol. The summed E-state index contributed by atoms with van der Waals surface area (Å²) >= 11 is 1.34. The number of hydrogen-bond donors (Lipinski definition) is 3. The lowest BCUT2D eigenvalue weighted by Gasteiger charge is -2.09. The third-order valence-corrected chi connectivity index (χ3v) is 7.42. The van der Waals surface area contributed by atoms with E-state index in [1.807, 2.05) is 60.7 Å². The highest BCUT2D eigenvalue weighted by molar-refractivity contribution is 7.17. The number of carbonyl (C=O) groups excluding carboxylic acids is 3. The molecule has 9 nitrogen and oxygen atoms in total. The minimum atomic E-state index is -0.462. The van der Waals surface area contributed by atoms with E-state index in [1.54, 1.807) is 35.9 Å². The Kier molecular flexibility index (Phi) is 7.88. The van der Waals surface area contributed by atoms with Crippen LogP contribution in [-0.2, 0) is 11.3 Å². The van der Waals surface area contributed by atoms with E-state index in [0.29, 0.717) is 27.6 Å². The number of rotatable bonds is 11. The van der Waals surface area contributed by atoms with Crippen molar-refractivity contribution in [1.29, 1.82) is 0 Å². The van der Waals surface area contributed by atoms with Gasteiger partial charge in [-0.2, -0.15) is 0 Å². The first-order valence-electron chi connectivity index (χ1n) is 12.6. The summed E-state index contributed by atoms with van der Waals surface area (Å²) in [5.41, 5.74) is 8.95. The number of aryl methyl sites for hydroxylation is 1. The second-order valence-electron chi connectivity index (χ2n) is 8.97. The summed E-state index contributed by atoms with van der Waals surface area (Å²) in [7, 11) is 1.61. The number of carbonyl (C=O) groups is 3. The Morgan fingerprint density at radius 2 is 1.75 bits per heavy atom. The molecule has 0 radical (unpaired) electrons. The number of amides is 2. The maximum Gasteiger partial charge on any atom is 0.268 e. The van der Waals surface area contributed by atoms with Crippen molar-refractivity contribution >= 4 is 51.6 Å². The van der Waals surface area contributed by atoms with Gasteiger partial charge in [0.25, 0.3) is 5.91 Å². The number of nitrogens with zero attached hydrogens (tertiary/aromatic N) is 2. The lowest BCUT2D eigenvalue weighted by atomic mass is 10.1. The van der Waals surface area contributed by atoms with Gasteiger partial charge in [-0.3, -0.25) is 19.7 Å². The number of benzene rings is 3. The Bertz CT molecular complexity index is 1690. The number of para-hydroxylation sites is 1. The first-order chi connectivity index (χ1) is 19.4. The molecule has 0 aliphatic rings. The largest absolute Gasteiger partial charge is 0.496 e. The lowest BCUT2D eigenvalue weighted by Crippen LogP contribution is -2.18. The first kappa shape index (κ1) is 26.6. The van der Waals surface area contributed by atoms with Crippen LogP contribution in [0.1, 0.15) is 26.5 Å². The van der Waals surface area contributed by atoms with Gasteiger partial charge < -0.3 is 20.4 Å². The number of fused-ring (bicyclic) bond motifs is 1. The van der Waals surface area contributed by atoms with Gasteiger partial charge in [0.2, 0.25) is 11.9 Å². The van der Waals surface area contributed by atoms with E-state index in [2.05, 4.69) is 15.6 Å². The molecular weight excluding hydrogens is 526 g/mol. The quantitative estimate of drug-likeness (QED) is 0.193. The molecule has 5 aromatic rings. The van der Waals surface area contributed by atoms with Gasteiger partial charge in [0.1, 0.15) is 5.75 Å². The van der Waals surface area contributed by atoms with Crippen molar-refractivity contribution in [3.8, 4) is 16.2 Å². The highest BCUT2D eigenvalue weighted by atomic mass is 32.1. The maximum atomic E-state index is 13.2. The number of Topliss-reactive ketones (excluding diaryl/α,β-unsaturated/α-hetero) is 1. The second-order valence-corrected chi connectivity index (χ2v) is 10.1. The van der Waals surface area contributed by atoms with E-state index >= 15 is 0 Å². The molecule has 5 rings (SSSR count). The molecule has 4 N–H and O–H groups in total. The van der Waals surface area contributed by atoms with E-state index in [0.717, 1.165) is 21.7 Å². The number of ether oxygens (including phenoxy) is 1. The Labute approximate surface area is 234 Å². The molecule has 0 bridgehead atoms. The Hall–Kier alpha value is -4.96. The Morgan fingerprint density at radius 1 is 0.975 bits per heavy atom. The summed E-state index contributed by atoms with van der Waals surface area (Å²) in [5, 5.41) is 6.03. The number of ketones is 1. The number of nitrogens with two attached hydrogens (primary N) is 1. The molecule has 0 atom stereocenters. The molecule has 0 unspecified atom stereocenters. The van der Waals surface area contributed by atoms with Crippen LogP contribution < -0.4 is 21.1 Å². The van der Waals surface area contributed by atoms with Gasteiger partial charge in [-0.25, -0.2) is 4.98 Å². The zero-order chi connectivity index (χ0) is 28.1. The average Bonchev–Trinajstić information content (AvgIpc) is 3.60. The maximum absolute atomic E-state index is 13.2. The van der Waals surface area contributed by atoms with Gasteiger partial charge in [0, 0.05) is 34.7 Å². The third-order valence-electron chi connectivity index (χ3n) is 6.31. The molecule has 2 heterocycles. The van der Waals surface area contributed by atoms with Crippen LogP contribution in [-0.4, -0.2) is 40.8 Å². The molecule has 0 aliphatic carbocycles.